The second-order valence-corrected chi connectivity index (χ2v) is 8.37. The molecular formula is C28H28N2O3. The third kappa shape index (κ3) is 4.27. The van der Waals surface area contributed by atoms with Crippen molar-refractivity contribution in [3.05, 3.63) is 94.2 Å². The van der Waals surface area contributed by atoms with Crippen LogP contribution in [0.15, 0.2) is 66.4 Å². The number of carbonyl (C=O) groups is 2. The molecule has 5 nitrogen and oxygen atoms in total. The molecule has 33 heavy (non-hydrogen) atoms. The average molecular weight is 441 g/mol. The van der Waals surface area contributed by atoms with Crippen LogP contribution in [0.1, 0.15) is 34.7 Å². The normalized spacial score (nSPS) is 13.7. The van der Waals surface area contributed by atoms with Gasteiger partial charge in [-0.15, -0.1) is 0 Å². The highest BCUT2D eigenvalue weighted by Gasteiger charge is 2.40. The van der Waals surface area contributed by atoms with Crippen molar-refractivity contribution in [3.8, 4) is 5.75 Å². The molecule has 3 aromatic carbocycles. The number of ether oxygens (including phenoxy) is 1. The van der Waals surface area contributed by atoms with Gasteiger partial charge in [-0.3, -0.25) is 9.59 Å². The van der Waals surface area contributed by atoms with Gasteiger partial charge in [0.15, 0.2) is 0 Å². The summed E-state index contributed by atoms with van der Waals surface area (Å²) in [6, 6.07) is 18.9. The molecule has 0 spiro atoms. The second kappa shape index (κ2) is 8.94. The summed E-state index contributed by atoms with van der Waals surface area (Å²) in [6.45, 7) is 10.4. The van der Waals surface area contributed by atoms with Crippen LogP contribution >= 0.6 is 0 Å². The molecule has 0 saturated carbocycles. The zero-order valence-corrected chi connectivity index (χ0v) is 19.7. The smallest absolute Gasteiger partial charge is 0.282 e. The van der Waals surface area contributed by atoms with Gasteiger partial charge in [0.2, 0.25) is 0 Å². The van der Waals surface area contributed by atoms with E-state index >= 15 is 0 Å². The van der Waals surface area contributed by atoms with Gasteiger partial charge in [-0.05, 0) is 81.1 Å². The van der Waals surface area contributed by atoms with E-state index in [1.165, 1.54) is 4.90 Å². The lowest BCUT2D eigenvalue weighted by atomic mass is 9.97. The summed E-state index contributed by atoms with van der Waals surface area (Å²) in [5.41, 5.74) is 6.94. The number of anilines is 2. The van der Waals surface area contributed by atoms with Crippen molar-refractivity contribution in [2.45, 2.75) is 34.6 Å². The van der Waals surface area contributed by atoms with Crippen LogP contribution in [0, 0.1) is 27.7 Å². The number of hydrogen-bond acceptors (Lipinski definition) is 4. The molecule has 5 heteroatoms. The molecule has 1 N–H and O–H groups in total. The van der Waals surface area contributed by atoms with Crippen LogP contribution < -0.4 is 15.0 Å². The Balaban J connectivity index is 1.84. The average Bonchev–Trinajstić information content (AvgIpc) is 3.01. The Bertz CT molecular complexity index is 1290. The zero-order chi connectivity index (χ0) is 23.7. The van der Waals surface area contributed by atoms with E-state index < -0.39 is 0 Å². The van der Waals surface area contributed by atoms with E-state index in [1.807, 2.05) is 77.1 Å². The fourth-order valence-corrected chi connectivity index (χ4v) is 4.07. The molecule has 0 bridgehead atoms. The Morgan fingerprint density at radius 1 is 0.818 bits per heavy atom. The number of imide groups is 1. The summed E-state index contributed by atoms with van der Waals surface area (Å²) in [4.78, 5) is 28.6. The number of nitrogens with one attached hydrogen (secondary N) is 1. The molecule has 0 fully saturated rings. The molecule has 4 rings (SSSR count). The highest BCUT2D eigenvalue weighted by atomic mass is 16.5. The van der Waals surface area contributed by atoms with Gasteiger partial charge >= 0.3 is 0 Å². The van der Waals surface area contributed by atoms with E-state index in [1.54, 1.807) is 18.2 Å². The first-order valence-electron chi connectivity index (χ1n) is 11.1. The summed E-state index contributed by atoms with van der Waals surface area (Å²) < 4.78 is 5.59. The van der Waals surface area contributed by atoms with Gasteiger partial charge < -0.3 is 10.1 Å². The van der Waals surface area contributed by atoms with Crippen LogP contribution in [0.4, 0.5) is 11.4 Å². The Morgan fingerprint density at radius 3 is 2.30 bits per heavy atom. The third-order valence-electron chi connectivity index (χ3n) is 5.90. The number of carbonyl (C=O) groups excluding carboxylic acids is 2. The Hall–Kier alpha value is -3.86. The van der Waals surface area contributed by atoms with Crippen LogP contribution in [0.2, 0.25) is 0 Å². The van der Waals surface area contributed by atoms with Crippen molar-refractivity contribution in [2.75, 3.05) is 16.8 Å². The number of hydrogen-bond donors (Lipinski definition) is 1. The Morgan fingerprint density at radius 2 is 1.61 bits per heavy atom. The summed E-state index contributed by atoms with van der Waals surface area (Å²) in [6.07, 6.45) is 0. The van der Waals surface area contributed by atoms with Crippen molar-refractivity contribution < 1.29 is 14.3 Å². The number of rotatable bonds is 6. The highest BCUT2D eigenvalue weighted by Crippen LogP contribution is 2.36. The minimum absolute atomic E-state index is 0.275. The molecular weight excluding hydrogens is 412 g/mol. The van der Waals surface area contributed by atoms with Gasteiger partial charge in [0.25, 0.3) is 11.8 Å². The van der Waals surface area contributed by atoms with Gasteiger partial charge in [-0.25, -0.2) is 4.90 Å². The van der Waals surface area contributed by atoms with Crippen molar-refractivity contribution in [3.63, 3.8) is 0 Å². The standard InChI is InChI=1S/C28H28N2O3/c1-6-33-23-9-7-8-22(16-23)30-27(31)25(24-13-10-17(2)14-20(24)5)26(28(30)32)29-21-12-11-18(3)19(4)15-21/h7-16,29H,6H2,1-5H3. The Kier molecular flexibility index (Phi) is 6.05. The van der Waals surface area contributed by atoms with Crippen molar-refractivity contribution in [1.29, 1.82) is 0 Å². The Labute approximate surface area is 194 Å². The summed E-state index contributed by atoms with van der Waals surface area (Å²) >= 11 is 0. The fraction of sp³-hybridized carbons (Fsp3) is 0.214. The summed E-state index contributed by atoms with van der Waals surface area (Å²) in [5, 5.41) is 3.26. The van der Waals surface area contributed by atoms with E-state index in [2.05, 4.69) is 5.32 Å². The van der Waals surface area contributed by atoms with Crippen LogP contribution in [0.25, 0.3) is 5.57 Å². The number of benzene rings is 3. The van der Waals surface area contributed by atoms with Crippen LogP contribution in [0.5, 0.6) is 5.75 Å². The van der Waals surface area contributed by atoms with Crippen LogP contribution in [-0.2, 0) is 9.59 Å². The molecule has 168 valence electrons. The summed E-state index contributed by atoms with van der Waals surface area (Å²) in [5.74, 6) is -0.131. The lowest BCUT2D eigenvalue weighted by Gasteiger charge is -2.17. The van der Waals surface area contributed by atoms with Crippen LogP contribution in [0.3, 0.4) is 0 Å². The maximum absolute atomic E-state index is 13.7. The van der Waals surface area contributed by atoms with E-state index in [-0.39, 0.29) is 17.5 Å². The SMILES string of the molecule is CCOc1cccc(N2C(=O)C(Nc3ccc(C)c(C)c3)=C(c3ccc(C)cc3C)C2=O)c1. The maximum atomic E-state index is 13.7. The van der Waals surface area contributed by atoms with E-state index in [4.69, 9.17) is 4.74 Å². The van der Waals surface area contributed by atoms with Crippen molar-refractivity contribution in [2.24, 2.45) is 0 Å². The van der Waals surface area contributed by atoms with Gasteiger partial charge in [0, 0.05) is 11.8 Å². The number of amides is 2. The van der Waals surface area contributed by atoms with Crippen molar-refractivity contribution in [1.82, 2.24) is 0 Å². The van der Waals surface area contributed by atoms with Crippen LogP contribution in [-0.4, -0.2) is 18.4 Å². The molecule has 0 saturated heterocycles. The highest BCUT2D eigenvalue weighted by molar-refractivity contribution is 6.46. The predicted octanol–water partition coefficient (Wildman–Crippen LogP) is 5.72. The first kappa shape index (κ1) is 22.3. The molecule has 1 aliphatic rings. The minimum atomic E-state index is -0.387. The first-order chi connectivity index (χ1) is 15.8. The predicted molar refractivity (Wildman–Crippen MR) is 132 cm³/mol. The zero-order valence-electron chi connectivity index (χ0n) is 19.7. The topological polar surface area (TPSA) is 58.6 Å². The molecule has 0 aliphatic carbocycles. The molecule has 0 aromatic heterocycles. The molecule has 2 amide bonds. The lowest BCUT2D eigenvalue weighted by molar-refractivity contribution is -0.120. The van der Waals surface area contributed by atoms with Gasteiger partial charge in [0.05, 0.1) is 17.9 Å². The van der Waals surface area contributed by atoms with Gasteiger partial charge in [0.1, 0.15) is 11.4 Å². The van der Waals surface area contributed by atoms with E-state index in [0.29, 0.717) is 23.6 Å². The molecule has 1 heterocycles. The van der Waals surface area contributed by atoms with Crippen molar-refractivity contribution >= 4 is 28.8 Å². The lowest BCUT2D eigenvalue weighted by Crippen LogP contribution is -2.32. The summed E-state index contributed by atoms with van der Waals surface area (Å²) in [7, 11) is 0. The number of aryl methyl sites for hydroxylation is 4. The minimum Gasteiger partial charge on any atom is -0.494 e. The molecule has 0 atom stereocenters. The first-order valence-corrected chi connectivity index (χ1v) is 11.1. The van der Waals surface area contributed by atoms with Gasteiger partial charge in [-0.1, -0.05) is 35.9 Å². The molecule has 0 unspecified atom stereocenters. The maximum Gasteiger partial charge on any atom is 0.282 e. The largest absolute Gasteiger partial charge is 0.494 e. The fourth-order valence-electron chi connectivity index (χ4n) is 4.07. The third-order valence-corrected chi connectivity index (χ3v) is 5.90. The van der Waals surface area contributed by atoms with Gasteiger partial charge in [-0.2, -0.15) is 0 Å². The molecule has 1 aliphatic heterocycles. The molecule has 0 radical (unpaired) electrons. The quantitative estimate of drug-likeness (QED) is 0.499. The molecule has 3 aromatic rings. The van der Waals surface area contributed by atoms with E-state index in [0.717, 1.165) is 33.5 Å². The second-order valence-electron chi connectivity index (χ2n) is 8.37. The number of nitrogens with zero attached hydrogens (tertiary/aromatic N) is 1. The monoisotopic (exact) mass is 440 g/mol. The van der Waals surface area contributed by atoms with E-state index in [9.17, 15) is 9.59 Å².